The predicted octanol–water partition coefficient (Wildman–Crippen LogP) is 8.74. The minimum Gasteiger partial charge on any atom is -0.205 e. The van der Waals surface area contributed by atoms with Gasteiger partial charge < -0.3 is 0 Å². The molecule has 0 bridgehead atoms. The van der Waals surface area contributed by atoms with Crippen LogP contribution in [0, 0.1) is 23.6 Å². The van der Waals surface area contributed by atoms with Crippen molar-refractivity contribution in [2.24, 2.45) is 5.92 Å². The second-order valence-electron chi connectivity index (χ2n) is 9.27. The molecule has 1 saturated carbocycles. The van der Waals surface area contributed by atoms with Crippen LogP contribution in [0.2, 0.25) is 0 Å². The number of hydrogen-bond acceptors (Lipinski definition) is 0. The van der Waals surface area contributed by atoms with E-state index >= 15 is 4.39 Å². The van der Waals surface area contributed by atoms with Crippen molar-refractivity contribution < 1.29 is 4.39 Å². The van der Waals surface area contributed by atoms with Gasteiger partial charge in [0.05, 0.1) is 5.56 Å². The molecule has 0 aromatic heterocycles. The molecule has 0 heterocycles. The van der Waals surface area contributed by atoms with Crippen LogP contribution in [-0.2, 0) is 6.42 Å². The number of aryl methyl sites for hydroxylation is 1. The van der Waals surface area contributed by atoms with Gasteiger partial charge in [0.15, 0.2) is 0 Å². The third-order valence-electron chi connectivity index (χ3n) is 7.00. The number of fused-ring (bicyclic) bond motifs is 1. The molecule has 0 atom stereocenters. The fraction of sp³-hybridized carbons (Fsp3) is 0.312. The Hall–Kier alpha value is -3.11. The van der Waals surface area contributed by atoms with Crippen LogP contribution < -0.4 is 0 Å². The van der Waals surface area contributed by atoms with Crippen LogP contribution in [0.4, 0.5) is 4.39 Å². The molecule has 4 rings (SSSR count). The highest BCUT2D eigenvalue weighted by Gasteiger charge is 2.21. The smallest absolute Gasteiger partial charge is 0.146 e. The monoisotopic (exact) mass is 436 g/mol. The summed E-state index contributed by atoms with van der Waals surface area (Å²) < 4.78 is 15.0. The largest absolute Gasteiger partial charge is 0.205 e. The zero-order chi connectivity index (χ0) is 23.0. The predicted molar refractivity (Wildman–Crippen MR) is 139 cm³/mol. The molecule has 0 nitrogen and oxygen atoms in total. The molecule has 3 aromatic rings. The molecule has 0 radical (unpaired) electrons. The summed E-state index contributed by atoms with van der Waals surface area (Å²) in [5.74, 6) is 7.48. The van der Waals surface area contributed by atoms with Crippen molar-refractivity contribution >= 4 is 10.8 Å². The van der Waals surface area contributed by atoms with Gasteiger partial charge in [-0.3, -0.25) is 0 Å². The van der Waals surface area contributed by atoms with Crippen LogP contribution in [0.15, 0.2) is 79.9 Å². The van der Waals surface area contributed by atoms with Crippen molar-refractivity contribution in [3.05, 3.63) is 108 Å². The Balaban J connectivity index is 1.43. The third kappa shape index (κ3) is 5.82. The van der Waals surface area contributed by atoms with Gasteiger partial charge in [0.1, 0.15) is 5.82 Å². The molecule has 1 fully saturated rings. The molecular weight excluding hydrogens is 403 g/mol. The number of benzene rings is 3. The first-order valence-electron chi connectivity index (χ1n) is 12.2. The number of hydrogen-bond donors (Lipinski definition) is 0. The minimum absolute atomic E-state index is 0.236. The summed E-state index contributed by atoms with van der Waals surface area (Å²) in [6.07, 6.45) is 13.4. The average Bonchev–Trinajstić information content (AvgIpc) is 2.86. The molecule has 168 valence electrons. The Morgan fingerprint density at radius 2 is 1.61 bits per heavy atom. The summed E-state index contributed by atoms with van der Waals surface area (Å²) in [5.41, 5.74) is 3.98. The lowest BCUT2D eigenvalue weighted by Gasteiger charge is -2.28. The quantitative estimate of drug-likeness (QED) is 0.256. The maximum Gasteiger partial charge on any atom is 0.146 e. The van der Waals surface area contributed by atoms with Crippen molar-refractivity contribution in [1.82, 2.24) is 0 Å². The van der Waals surface area contributed by atoms with Crippen molar-refractivity contribution in [3.63, 3.8) is 0 Å². The Labute approximate surface area is 198 Å². The van der Waals surface area contributed by atoms with E-state index in [9.17, 15) is 0 Å². The van der Waals surface area contributed by atoms with Crippen LogP contribution in [0.1, 0.15) is 73.1 Å². The zero-order valence-corrected chi connectivity index (χ0v) is 19.5. The Bertz CT molecular complexity index is 1160. The maximum atomic E-state index is 15.0. The SMILES string of the molecule is C=CCCc1ccc2c(F)c(C#Cc3ccc(C4CCC(CCC=C)CC4)cc3)ccc2c1. The zero-order valence-electron chi connectivity index (χ0n) is 19.5. The molecule has 1 heteroatoms. The van der Waals surface area contributed by atoms with Gasteiger partial charge in [-0.15, -0.1) is 13.2 Å². The number of allylic oxidation sites excluding steroid dienone is 2. The average molecular weight is 437 g/mol. The van der Waals surface area contributed by atoms with Gasteiger partial charge in [-0.25, -0.2) is 4.39 Å². The van der Waals surface area contributed by atoms with Gasteiger partial charge in [-0.1, -0.05) is 60.4 Å². The Morgan fingerprint density at radius 3 is 2.33 bits per heavy atom. The number of rotatable bonds is 7. The van der Waals surface area contributed by atoms with Crippen molar-refractivity contribution in [2.45, 2.75) is 57.3 Å². The molecule has 33 heavy (non-hydrogen) atoms. The number of halogens is 1. The highest BCUT2D eigenvalue weighted by Crippen LogP contribution is 2.37. The van der Waals surface area contributed by atoms with E-state index in [2.05, 4.69) is 55.3 Å². The molecule has 1 aliphatic rings. The van der Waals surface area contributed by atoms with Gasteiger partial charge in [0, 0.05) is 10.9 Å². The topological polar surface area (TPSA) is 0 Å². The molecule has 0 amide bonds. The normalized spacial score (nSPS) is 17.8. The van der Waals surface area contributed by atoms with Crippen molar-refractivity contribution in [3.8, 4) is 11.8 Å². The second-order valence-corrected chi connectivity index (χ2v) is 9.27. The Kier molecular flexibility index (Phi) is 7.79. The van der Waals surface area contributed by atoms with Crippen molar-refractivity contribution in [1.29, 1.82) is 0 Å². The van der Waals surface area contributed by atoms with Crippen LogP contribution in [0.3, 0.4) is 0 Å². The van der Waals surface area contributed by atoms with Crippen molar-refractivity contribution in [2.75, 3.05) is 0 Å². The Morgan fingerprint density at radius 1 is 0.848 bits per heavy atom. The molecular formula is C32H33F. The first-order valence-corrected chi connectivity index (χ1v) is 12.2. The van der Waals surface area contributed by atoms with Gasteiger partial charge in [-0.05, 0) is 97.9 Å². The molecule has 0 spiro atoms. The molecule has 0 unspecified atom stereocenters. The van der Waals surface area contributed by atoms with E-state index in [0.29, 0.717) is 16.9 Å². The summed E-state index contributed by atoms with van der Waals surface area (Å²) in [5, 5.41) is 1.55. The van der Waals surface area contributed by atoms with Crippen LogP contribution in [0.25, 0.3) is 10.8 Å². The lowest BCUT2D eigenvalue weighted by molar-refractivity contribution is 0.312. The molecule has 1 aliphatic carbocycles. The van der Waals surface area contributed by atoms with Crippen LogP contribution in [-0.4, -0.2) is 0 Å². The highest BCUT2D eigenvalue weighted by molar-refractivity contribution is 5.85. The van der Waals surface area contributed by atoms with Crippen LogP contribution in [0.5, 0.6) is 0 Å². The molecule has 0 saturated heterocycles. The summed E-state index contributed by atoms with van der Waals surface area (Å²) in [7, 11) is 0. The summed E-state index contributed by atoms with van der Waals surface area (Å²) >= 11 is 0. The lowest BCUT2D eigenvalue weighted by Crippen LogP contribution is -2.13. The summed E-state index contributed by atoms with van der Waals surface area (Å²) in [6.45, 7) is 7.62. The van der Waals surface area contributed by atoms with E-state index < -0.39 is 0 Å². The fourth-order valence-electron chi connectivity index (χ4n) is 4.98. The summed E-state index contributed by atoms with van der Waals surface area (Å²) in [6, 6.07) is 18.3. The second kappa shape index (κ2) is 11.2. The van der Waals surface area contributed by atoms with Gasteiger partial charge in [0.2, 0.25) is 0 Å². The maximum absolute atomic E-state index is 15.0. The van der Waals surface area contributed by atoms with E-state index in [1.54, 1.807) is 6.07 Å². The highest BCUT2D eigenvalue weighted by atomic mass is 19.1. The van der Waals surface area contributed by atoms with E-state index in [1.165, 1.54) is 43.2 Å². The lowest BCUT2D eigenvalue weighted by atomic mass is 9.77. The van der Waals surface area contributed by atoms with Crippen LogP contribution >= 0.6 is 0 Å². The van der Waals surface area contributed by atoms with E-state index in [-0.39, 0.29) is 5.82 Å². The molecule has 0 N–H and O–H groups in total. The van der Waals surface area contributed by atoms with Gasteiger partial charge >= 0.3 is 0 Å². The molecule has 0 aliphatic heterocycles. The first-order chi connectivity index (χ1) is 16.2. The minimum atomic E-state index is -0.236. The molecule has 3 aromatic carbocycles. The standard InChI is InChI=1S/C32H33F/c1-3-5-7-24-9-15-27(16-10-24)28-17-11-25(12-18-28)13-19-29-20-21-30-23-26(8-6-4-2)14-22-31(30)32(29)33/h3-4,11-12,14,17-18,20-24,27H,1-2,5-10,15-16H2. The fourth-order valence-corrected chi connectivity index (χ4v) is 4.98. The van der Waals surface area contributed by atoms with E-state index in [4.69, 9.17) is 0 Å². The van der Waals surface area contributed by atoms with Gasteiger partial charge in [-0.2, -0.15) is 0 Å². The van der Waals surface area contributed by atoms with Gasteiger partial charge in [0.25, 0.3) is 0 Å². The summed E-state index contributed by atoms with van der Waals surface area (Å²) in [4.78, 5) is 0. The van der Waals surface area contributed by atoms with E-state index in [1.807, 2.05) is 30.4 Å². The first kappa shape index (κ1) is 23.1. The third-order valence-corrected chi connectivity index (χ3v) is 7.00. The van der Waals surface area contributed by atoms with E-state index in [0.717, 1.165) is 36.1 Å².